The van der Waals surface area contributed by atoms with Crippen LogP contribution in [0.25, 0.3) is 0 Å². The van der Waals surface area contributed by atoms with E-state index in [-0.39, 0.29) is 24.2 Å². The number of rotatable bonds is 3. The molecular weight excluding hydrogens is 208 g/mol. The van der Waals surface area contributed by atoms with Crippen LogP contribution in [0.4, 0.5) is 0 Å². The number of carbonyl (C=O) groups excluding carboxylic acids is 1. The number of nitrogens with zero attached hydrogens (tertiary/aromatic N) is 1. The van der Waals surface area contributed by atoms with E-state index in [0.717, 1.165) is 0 Å². The molecule has 1 saturated heterocycles. The average Bonchev–Trinajstić information content (AvgIpc) is 2.16. The molecule has 1 rings (SSSR count). The van der Waals surface area contributed by atoms with Gasteiger partial charge in [-0.15, -0.1) is 0 Å². The lowest BCUT2D eigenvalue weighted by molar-refractivity contribution is -0.165. The molecule has 16 heavy (non-hydrogen) atoms. The highest BCUT2D eigenvalue weighted by Crippen LogP contribution is 2.21. The molecule has 5 heteroatoms. The normalized spacial score (nSPS) is 26.6. The van der Waals surface area contributed by atoms with E-state index in [2.05, 4.69) is 0 Å². The summed E-state index contributed by atoms with van der Waals surface area (Å²) in [4.78, 5) is 13.8. The van der Waals surface area contributed by atoms with Crippen molar-refractivity contribution in [1.82, 2.24) is 4.90 Å². The Morgan fingerprint density at radius 1 is 1.69 bits per heavy atom. The number of nitrogens with two attached hydrogens (primary N) is 1. The Labute approximate surface area is 96.9 Å². The van der Waals surface area contributed by atoms with Gasteiger partial charge in [-0.2, -0.15) is 0 Å². The number of hydrogen-bond acceptors (Lipinski definition) is 4. The summed E-state index contributed by atoms with van der Waals surface area (Å²) >= 11 is 0. The van der Waals surface area contributed by atoms with Crippen molar-refractivity contribution < 1.29 is 14.3 Å². The highest BCUT2D eigenvalue weighted by molar-refractivity contribution is 5.81. The first-order valence-electron chi connectivity index (χ1n) is 5.59. The summed E-state index contributed by atoms with van der Waals surface area (Å²) in [6, 6.07) is 0. The van der Waals surface area contributed by atoms with E-state index in [0.29, 0.717) is 13.1 Å². The van der Waals surface area contributed by atoms with Crippen LogP contribution in [0.5, 0.6) is 0 Å². The predicted octanol–water partition coefficient (Wildman–Crippen LogP) is -0.0140. The number of hydrogen-bond donors (Lipinski definition) is 1. The van der Waals surface area contributed by atoms with Gasteiger partial charge in [0.1, 0.15) is 6.10 Å². The van der Waals surface area contributed by atoms with Crippen LogP contribution in [0.3, 0.4) is 0 Å². The van der Waals surface area contributed by atoms with Crippen molar-refractivity contribution in [3.05, 3.63) is 0 Å². The quantitative estimate of drug-likeness (QED) is 0.740. The molecule has 2 N–H and O–H groups in total. The van der Waals surface area contributed by atoms with Crippen molar-refractivity contribution in [2.75, 3.05) is 26.7 Å². The van der Waals surface area contributed by atoms with Crippen LogP contribution < -0.4 is 5.73 Å². The maximum atomic E-state index is 12.1. The second-order valence-corrected chi connectivity index (χ2v) is 4.87. The summed E-state index contributed by atoms with van der Waals surface area (Å²) in [5, 5.41) is 0. The van der Waals surface area contributed by atoms with Gasteiger partial charge in [0.05, 0.1) is 11.7 Å². The third-order valence-corrected chi connectivity index (χ3v) is 2.66. The minimum Gasteiger partial charge on any atom is -0.370 e. The molecule has 0 aromatic heterocycles. The van der Waals surface area contributed by atoms with Crippen LogP contribution in [0, 0.1) is 0 Å². The summed E-state index contributed by atoms with van der Waals surface area (Å²) in [5.41, 5.74) is 5.18. The van der Waals surface area contributed by atoms with E-state index >= 15 is 0 Å². The molecule has 2 atom stereocenters. The summed E-state index contributed by atoms with van der Waals surface area (Å²) in [5.74, 6) is -0.0479. The molecule has 0 spiro atoms. The molecule has 1 amide bonds. The van der Waals surface area contributed by atoms with Crippen molar-refractivity contribution in [3.8, 4) is 0 Å². The SMILES string of the molecule is COC(CN)C(=O)N1CC(C)OC(C)(C)C1. The fourth-order valence-corrected chi connectivity index (χ4v) is 2.12. The van der Waals surface area contributed by atoms with Crippen LogP contribution in [0.2, 0.25) is 0 Å². The van der Waals surface area contributed by atoms with E-state index in [1.165, 1.54) is 7.11 Å². The molecule has 0 radical (unpaired) electrons. The second-order valence-electron chi connectivity index (χ2n) is 4.87. The van der Waals surface area contributed by atoms with Crippen LogP contribution >= 0.6 is 0 Å². The van der Waals surface area contributed by atoms with Gasteiger partial charge in [0, 0.05) is 26.7 Å². The molecule has 1 aliphatic heterocycles. The van der Waals surface area contributed by atoms with Gasteiger partial charge < -0.3 is 20.1 Å². The van der Waals surface area contributed by atoms with Crippen LogP contribution in [-0.2, 0) is 14.3 Å². The monoisotopic (exact) mass is 230 g/mol. The maximum absolute atomic E-state index is 12.1. The van der Waals surface area contributed by atoms with Gasteiger partial charge in [-0.25, -0.2) is 0 Å². The molecule has 94 valence electrons. The van der Waals surface area contributed by atoms with Gasteiger partial charge in [0.25, 0.3) is 5.91 Å². The molecule has 0 bridgehead atoms. The fraction of sp³-hybridized carbons (Fsp3) is 0.909. The summed E-state index contributed by atoms with van der Waals surface area (Å²) in [6.07, 6.45) is -0.496. The molecule has 2 unspecified atom stereocenters. The molecule has 0 aliphatic carbocycles. The number of ether oxygens (including phenoxy) is 2. The minimum atomic E-state index is -0.541. The zero-order valence-electron chi connectivity index (χ0n) is 10.5. The number of amides is 1. The van der Waals surface area contributed by atoms with E-state index in [1.54, 1.807) is 4.90 Å². The number of methoxy groups -OCH3 is 1. The number of morpholine rings is 1. The van der Waals surface area contributed by atoms with E-state index in [9.17, 15) is 4.79 Å². The lowest BCUT2D eigenvalue weighted by Crippen LogP contribution is -2.57. The zero-order chi connectivity index (χ0) is 12.3. The Balaban J connectivity index is 2.69. The summed E-state index contributed by atoms with van der Waals surface area (Å²) in [7, 11) is 1.50. The predicted molar refractivity (Wildman–Crippen MR) is 61.1 cm³/mol. The topological polar surface area (TPSA) is 64.8 Å². The van der Waals surface area contributed by atoms with Gasteiger partial charge in [-0.05, 0) is 20.8 Å². The van der Waals surface area contributed by atoms with Crippen LogP contribution in [0.1, 0.15) is 20.8 Å². The van der Waals surface area contributed by atoms with Crippen molar-refractivity contribution in [1.29, 1.82) is 0 Å². The van der Waals surface area contributed by atoms with E-state index < -0.39 is 6.10 Å². The van der Waals surface area contributed by atoms with Gasteiger partial charge in [0.15, 0.2) is 0 Å². The molecular formula is C11H22N2O3. The van der Waals surface area contributed by atoms with E-state index in [4.69, 9.17) is 15.2 Å². The first kappa shape index (κ1) is 13.4. The average molecular weight is 230 g/mol. The third-order valence-electron chi connectivity index (χ3n) is 2.66. The molecule has 1 fully saturated rings. The van der Waals surface area contributed by atoms with Crippen molar-refractivity contribution in [2.45, 2.75) is 38.6 Å². The molecule has 0 saturated carbocycles. The smallest absolute Gasteiger partial charge is 0.253 e. The largest absolute Gasteiger partial charge is 0.370 e. The standard InChI is InChI=1S/C11H22N2O3/c1-8-6-13(7-11(2,3)16-8)10(14)9(5-12)15-4/h8-9H,5-7,12H2,1-4H3. The third kappa shape index (κ3) is 3.17. The second kappa shape index (κ2) is 5.12. The lowest BCUT2D eigenvalue weighted by atomic mass is 10.0. The minimum absolute atomic E-state index is 0.0444. The van der Waals surface area contributed by atoms with Gasteiger partial charge in [0.2, 0.25) is 0 Å². The Bertz CT molecular complexity index is 252. The molecule has 1 heterocycles. The Morgan fingerprint density at radius 3 is 2.75 bits per heavy atom. The van der Waals surface area contributed by atoms with Crippen molar-refractivity contribution >= 4 is 5.91 Å². The summed E-state index contributed by atoms with van der Waals surface area (Å²) < 4.78 is 10.8. The summed E-state index contributed by atoms with van der Waals surface area (Å²) in [6.45, 7) is 7.31. The highest BCUT2D eigenvalue weighted by Gasteiger charge is 2.35. The molecule has 5 nitrogen and oxygen atoms in total. The van der Waals surface area contributed by atoms with Crippen molar-refractivity contribution in [3.63, 3.8) is 0 Å². The van der Waals surface area contributed by atoms with Gasteiger partial charge >= 0.3 is 0 Å². The number of carbonyl (C=O) groups is 1. The lowest BCUT2D eigenvalue weighted by Gasteiger charge is -2.42. The van der Waals surface area contributed by atoms with Crippen LogP contribution in [0.15, 0.2) is 0 Å². The molecule has 1 aliphatic rings. The van der Waals surface area contributed by atoms with Gasteiger partial charge in [-0.1, -0.05) is 0 Å². The maximum Gasteiger partial charge on any atom is 0.253 e. The Morgan fingerprint density at radius 2 is 2.31 bits per heavy atom. The van der Waals surface area contributed by atoms with Gasteiger partial charge in [-0.3, -0.25) is 4.79 Å². The zero-order valence-corrected chi connectivity index (χ0v) is 10.5. The Kier molecular flexibility index (Phi) is 4.29. The van der Waals surface area contributed by atoms with Crippen molar-refractivity contribution in [2.24, 2.45) is 5.73 Å². The Hall–Kier alpha value is -0.650. The molecule has 0 aromatic rings. The molecule has 0 aromatic carbocycles. The highest BCUT2D eigenvalue weighted by atomic mass is 16.5. The first-order valence-corrected chi connectivity index (χ1v) is 5.59. The van der Waals surface area contributed by atoms with Crippen LogP contribution in [-0.4, -0.2) is 55.4 Å². The first-order chi connectivity index (χ1) is 7.39. The fourth-order valence-electron chi connectivity index (χ4n) is 2.12. The van der Waals surface area contributed by atoms with E-state index in [1.807, 2.05) is 20.8 Å².